The van der Waals surface area contributed by atoms with Crippen molar-refractivity contribution < 1.29 is 13.7 Å². The molecule has 76 heavy (non-hydrogen) atoms. The molecule has 0 aliphatic carbocycles. The van der Waals surface area contributed by atoms with Crippen molar-refractivity contribution in [2.45, 2.75) is 52.4 Å². The van der Waals surface area contributed by atoms with Crippen LogP contribution in [0.15, 0.2) is 230 Å². The highest BCUT2D eigenvalue weighted by atomic mass is 14.9. The van der Waals surface area contributed by atoms with E-state index in [1.165, 1.54) is 0 Å². The first-order valence-electron chi connectivity index (χ1n) is 31.1. The summed E-state index contributed by atoms with van der Waals surface area (Å²) in [5.74, 6) is 0. The van der Waals surface area contributed by atoms with Crippen LogP contribution < -0.4 is 0 Å². The average molecular weight is 983 g/mol. The smallest absolute Gasteiger partial charge is 0.0629 e. The summed E-state index contributed by atoms with van der Waals surface area (Å²) in [5, 5.41) is 8.30. The Kier molecular flexibility index (Phi) is 7.54. The molecule has 0 amide bonds. The van der Waals surface area contributed by atoms with Gasteiger partial charge in [0.2, 0.25) is 0 Å². The Morgan fingerprint density at radius 2 is 0.684 bits per heavy atom. The van der Waals surface area contributed by atoms with E-state index in [-0.39, 0.29) is 70.3 Å². The molecule has 0 saturated heterocycles. The molecule has 362 valence electrons. The van der Waals surface area contributed by atoms with E-state index in [0.717, 1.165) is 132 Å². The number of benzene rings is 11. The molecule has 0 aliphatic heterocycles. The standard InChI is InChI=1S/C74H56N2/c1-73(2,3)63-31-19-29-57-67-53(51-35-33-49(45-21-11-7-12-22-45)41-59(51)47-25-15-9-16-26-47)37-39-55-61-44-66-62(43-65(61)75(69(57)63)71(55)67)56-40-38-54(68-58-30-20-32-64(74(4,5)6)70(58)76(66)72(56)68)52-36-34-50(46-23-13-8-14-24-46)42-60(52)48-27-17-10-18-28-48/h7-44H,1-6H3/i9D,10D,15D,16D,17D,18D,25D,26D,27D,28D. The van der Waals surface area contributed by atoms with Gasteiger partial charge in [-0.1, -0.05) is 248 Å². The number of para-hydroxylation sites is 2. The average Bonchev–Trinajstić information content (AvgIpc) is 1.56. The lowest BCUT2D eigenvalue weighted by atomic mass is 9.84. The van der Waals surface area contributed by atoms with Crippen LogP contribution >= 0.6 is 0 Å². The molecule has 0 spiro atoms. The lowest BCUT2D eigenvalue weighted by molar-refractivity contribution is 0.594. The molecule has 4 aromatic heterocycles. The lowest BCUT2D eigenvalue weighted by Crippen LogP contribution is -2.12. The molecule has 0 bridgehead atoms. The SMILES string of the molecule is [2H]c1c([2H])c([2H])c(-c2cc(-c3ccccc3)ccc2-c2ccc3c4cc5c(cc4n4c6c(C(C)(C)C)cccc6c2c34)c2ccc(-c3ccc(-c4ccccc4)cc3-c3c([2H])c([2H])c([2H])c([2H])c3[2H])c3c4cccc(C(C)(C)C)c4n5c23)c([2H])c1[2H]. The normalized spacial score (nSPS) is 14.4. The Morgan fingerprint density at radius 3 is 1.08 bits per heavy atom. The van der Waals surface area contributed by atoms with Gasteiger partial charge in [0.1, 0.15) is 0 Å². The Labute approximate surface area is 457 Å². The minimum Gasteiger partial charge on any atom is -0.308 e. The molecule has 4 heterocycles. The van der Waals surface area contributed by atoms with E-state index in [9.17, 15) is 5.48 Å². The fraction of sp³-hybridized carbons (Fsp3) is 0.108. The minimum absolute atomic E-state index is 0.144. The summed E-state index contributed by atoms with van der Waals surface area (Å²) in [4.78, 5) is 0. The van der Waals surface area contributed by atoms with Crippen LogP contribution in [0.2, 0.25) is 0 Å². The Hall–Kier alpha value is -8.98. The fourth-order valence-electron chi connectivity index (χ4n) is 12.7. The number of aromatic nitrogens is 2. The lowest BCUT2D eigenvalue weighted by Gasteiger charge is -2.21. The van der Waals surface area contributed by atoms with E-state index in [0.29, 0.717) is 11.1 Å². The van der Waals surface area contributed by atoms with Crippen molar-refractivity contribution in [2.24, 2.45) is 0 Å². The molecule has 0 saturated carbocycles. The van der Waals surface area contributed by atoms with Crippen molar-refractivity contribution in [3.05, 3.63) is 241 Å². The first kappa shape index (κ1) is 35.3. The highest BCUT2D eigenvalue weighted by Gasteiger charge is 2.30. The van der Waals surface area contributed by atoms with Crippen molar-refractivity contribution in [2.75, 3.05) is 0 Å². The molecule has 15 rings (SSSR count). The van der Waals surface area contributed by atoms with E-state index in [4.69, 9.17) is 8.22 Å². The van der Waals surface area contributed by atoms with Crippen LogP contribution in [-0.4, -0.2) is 8.80 Å². The highest BCUT2D eigenvalue weighted by Crippen LogP contribution is 2.52. The number of nitrogens with zero attached hydrogens (tertiary/aromatic N) is 2. The monoisotopic (exact) mass is 983 g/mol. The van der Waals surface area contributed by atoms with E-state index in [2.05, 4.69) is 135 Å². The second kappa shape index (κ2) is 16.3. The van der Waals surface area contributed by atoms with Gasteiger partial charge in [-0.3, -0.25) is 0 Å². The predicted molar refractivity (Wildman–Crippen MR) is 326 cm³/mol. The second-order valence-corrected chi connectivity index (χ2v) is 22.5. The summed E-state index contributed by atoms with van der Waals surface area (Å²) in [6.45, 7) is 13.5. The molecule has 0 unspecified atom stereocenters. The quantitative estimate of drug-likeness (QED) is 0.157. The van der Waals surface area contributed by atoms with E-state index >= 15 is 0 Å². The van der Waals surface area contributed by atoms with Gasteiger partial charge < -0.3 is 8.80 Å². The van der Waals surface area contributed by atoms with Gasteiger partial charge in [0.25, 0.3) is 0 Å². The third-order valence-electron chi connectivity index (χ3n) is 16.0. The molecule has 11 aromatic carbocycles. The van der Waals surface area contributed by atoms with Gasteiger partial charge >= 0.3 is 0 Å². The Morgan fingerprint density at radius 1 is 0.289 bits per heavy atom. The summed E-state index contributed by atoms with van der Waals surface area (Å²) in [6, 6.07) is 55.1. The van der Waals surface area contributed by atoms with E-state index in [1.54, 1.807) is 0 Å². The van der Waals surface area contributed by atoms with Crippen LogP contribution in [0.3, 0.4) is 0 Å². The van der Waals surface area contributed by atoms with Gasteiger partial charge in [0, 0.05) is 43.1 Å². The van der Waals surface area contributed by atoms with Gasteiger partial charge in [-0.2, -0.15) is 0 Å². The van der Waals surface area contributed by atoms with Crippen LogP contribution in [0.1, 0.15) is 66.4 Å². The summed E-state index contributed by atoms with van der Waals surface area (Å²) >= 11 is 0. The van der Waals surface area contributed by atoms with Crippen LogP contribution in [0.4, 0.5) is 0 Å². The summed E-state index contributed by atoms with van der Waals surface area (Å²) in [5.41, 5.74) is 16.2. The summed E-state index contributed by atoms with van der Waals surface area (Å²) in [6.07, 6.45) is 0. The van der Waals surface area contributed by atoms with Crippen LogP contribution in [0, 0.1) is 0 Å². The van der Waals surface area contributed by atoms with Gasteiger partial charge in [-0.15, -0.1) is 0 Å². The summed E-state index contributed by atoms with van der Waals surface area (Å²) < 4.78 is 94.7. The fourth-order valence-corrected chi connectivity index (χ4v) is 12.7. The van der Waals surface area contributed by atoms with Gasteiger partial charge in [-0.05, 0) is 113 Å². The molecule has 15 aromatic rings. The molecule has 2 heteroatoms. The van der Waals surface area contributed by atoms with Gasteiger partial charge in [0.05, 0.1) is 46.8 Å². The third kappa shape index (κ3) is 6.47. The predicted octanol–water partition coefficient (Wildman–Crippen LogP) is 20.6. The van der Waals surface area contributed by atoms with Crippen molar-refractivity contribution in [3.8, 4) is 66.8 Å². The maximum Gasteiger partial charge on any atom is 0.0629 e. The van der Waals surface area contributed by atoms with Gasteiger partial charge in [-0.25, -0.2) is 0 Å². The first-order chi connectivity index (χ1) is 41.1. The largest absolute Gasteiger partial charge is 0.308 e. The Bertz CT molecular complexity index is 5020. The zero-order chi connectivity index (χ0) is 59.9. The molecule has 2 nitrogen and oxygen atoms in total. The molecule has 0 atom stereocenters. The number of hydrogen-bond donors (Lipinski definition) is 0. The van der Waals surface area contributed by atoms with Crippen molar-refractivity contribution in [1.82, 2.24) is 8.80 Å². The third-order valence-corrected chi connectivity index (χ3v) is 16.0. The van der Waals surface area contributed by atoms with Crippen molar-refractivity contribution in [3.63, 3.8) is 0 Å². The Balaban J connectivity index is 1.07. The van der Waals surface area contributed by atoms with E-state index < -0.39 is 12.1 Å². The highest BCUT2D eigenvalue weighted by molar-refractivity contribution is 6.32. The van der Waals surface area contributed by atoms with E-state index in [1.807, 2.05) is 84.9 Å². The number of hydrogen-bond acceptors (Lipinski definition) is 0. The molecule has 0 N–H and O–H groups in total. The number of rotatable bonds is 6. The maximum atomic E-state index is 9.34. The molecule has 0 radical (unpaired) electrons. The molecular weight excluding hydrogens is 917 g/mol. The minimum atomic E-state index is -0.439. The topological polar surface area (TPSA) is 8.82 Å². The number of fused-ring (bicyclic) bond motifs is 12. The van der Waals surface area contributed by atoms with Crippen molar-refractivity contribution >= 4 is 76.2 Å². The zero-order valence-corrected chi connectivity index (χ0v) is 43.1. The van der Waals surface area contributed by atoms with Crippen LogP contribution in [0.25, 0.3) is 143 Å². The van der Waals surface area contributed by atoms with Crippen molar-refractivity contribution in [1.29, 1.82) is 0 Å². The first-order valence-corrected chi connectivity index (χ1v) is 26.1. The zero-order valence-electron chi connectivity index (χ0n) is 53.1. The maximum absolute atomic E-state index is 9.34. The van der Waals surface area contributed by atoms with Crippen LogP contribution in [-0.2, 0) is 10.8 Å². The van der Waals surface area contributed by atoms with Crippen LogP contribution in [0.5, 0.6) is 0 Å². The second-order valence-electron chi connectivity index (χ2n) is 22.5. The summed E-state index contributed by atoms with van der Waals surface area (Å²) in [7, 11) is 0. The molecular formula is C74H56N2. The molecule has 0 aliphatic rings. The molecule has 0 fully saturated rings. The van der Waals surface area contributed by atoms with Gasteiger partial charge in [0.15, 0.2) is 0 Å².